The van der Waals surface area contributed by atoms with E-state index in [9.17, 15) is 0 Å². The fourth-order valence-electron chi connectivity index (χ4n) is 1.16. The third-order valence-corrected chi connectivity index (χ3v) is 1.73. The molecule has 0 saturated carbocycles. The van der Waals surface area contributed by atoms with E-state index in [1.165, 1.54) is 5.56 Å². The molecular weight excluding hydrogens is 168 g/mol. The van der Waals surface area contributed by atoms with Gasteiger partial charge in [-0.25, -0.2) is 0 Å². The Hall–Kier alpha value is -1.56. The summed E-state index contributed by atoms with van der Waals surface area (Å²) in [5.41, 5.74) is 3.34. The van der Waals surface area contributed by atoms with Crippen molar-refractivity contribution in [1.82, 2.24) is 0 Å². The van der Waals surface area contributed by atoms with Gasteiger partial charge in [0.1, 0.15) is 0 Å². The lowest BCUT2D eigenvalue weighted by molar-refractivity contribution is 1.54. The van der Waals surface area contributed by atoms with Crippen LogP contribution in [0.25, 0.3) is 5.57 Å². The molecule has 74 valence electrons. The Kier molecular flexibility index (Phi) is 5.31. The van der Waals surface area contributed by atoms with Gasteiger partial charge in [-0.15, -0.1) is 0 Å². The third-order valence-electron chi connectivity index (χ3n) is 1.73. The fraction of sp³-hybridized carbons (Fsp3) is 0.143. The molecule has 0 aromatic heterocycles. The molecule has 0 N–H and O–H groups in total. The first-order valence-corrected chi connectivity index (χ1v) is 4.29. The van der Waals surface area contributed by atoms with Crippen molar-refractivity contribution in [2.24, 2.45) is 0 Å². The Labute approximate surface area is 87.3 Å². The zero-order valence-corrected chi connectivity index (χ0v) is 7.96. The van der Waals surface area contributed by atoms with Gasteiger partial charge < -0.3 is 0 Å². The van der Waals surface area contributed by atoms with Crippen molar-refractivity contribution in [3.8, 4) is 0 Å². The Morgan fingerprint density at radius 3 is 2.21 bits per heavy atom. The summed E-state index contributed by atoms with van der Waals surface area (Å²) in [4.78, 5) is 0. The molecule has 1 rings (SSSR count). The van der Waals surface area contributed by atoms with Crippen LogP contribution in [0.2, 0.25) is 0 Å². The van der Waals surface area contributed by atoms with Crippen LogP contribution in [0, 0.1) is 0 Å². The molecule has 1 aromatic rings. The second kappa shape index (κ2) is 5.98. The number of allylic oxidation sites excluding steroid dienone is 4. The van der Waals surface area contributed by atoms with Crippen molar-refractivity contribution < 1.29 is 0 Å². The summed E-state index contributed by atoms with van der Waals surface area (Å²) in [5.74, 6) is 0. The molecule has 0 heterocycles. The first-order valence-electron chi connectivity index (χ1n) is 4.29. The molecule has 1 aromatic carbocycles. The first kappa shape index (κ1) is 12.4. The highest BCUT2D eigenvalue weighted by Gasteiger charge is 1.94. The topological polar surface area (TPSA) is 0 Å². The molecule has 0 radical (unpaired) electrons. The molecule has 0 atom stereocenters. The molecule has 0 bridgehead atoms. The van der Waals surface area contributed by atoms with E-state index in [1.54, 1.807) is 0 Å². The Bertz CT molecular complexity index is 328. The summed E-state index contributed by atoms with van der Waals surface area (Å²) in [6, 6.07) is 10.2. The minimum absolute atomic E-state index is 0. The SMILES string of the molecule is C.C=C/C(=C\C(=C)C)c1ccccc1. The highest BCUT2D eigenvalue weighted by Crippen LogP contribution is 2.16. The molecule has 0 saturated heterocycles. The second-order valence-electron chi connectivity index (χ2n) is 3.02. The Balaban J connectivity index is 0.00000169. The average Bonchev–Trinajstić information content (AvgIpc) is 2.15. The van der Waals surface area contributed by atoms with Crippen LogP contribution in [0.4, 0.5) is 0 Å². The van der Waals surface area contributed by atoms with E-state index < -0.39 is 0 Å². The van der Waals surface area contributed by atoms with Gasteiger partial charge in [0.15, 0.2) is 0 Å². The monoisotopic (exact) mass is 186 g/mol. The molecule has 14 heavy (non-hydrogen) atoms. The second-order valence-corrected chi connectivity index (χ2v) is 3.02. The highest BCUT2D eigenvalue weighted by molar-refractivity contribution is 5.75. The fourth-order valence-corrected chi connectivity index (χ4v) is 1.16. The number of rotatable bonds is 3. The largest absolute Gasteiger partial charge is 0.0984 e. The molecular formula is C14H18. The lowest BCUT2D eigenvalue weighted by Crippen LogP contribution is -1.79. The van der Waals surface area contributed by atoms with Crippen LogP contribution >= 0.6 is 0 Å². The summed E-state index contributed by atoms with van der Waals surface area (Å²) in [5, 5.41) is 0. The zero-order chi connectivity index (χ0) is 9.68. The highest BCUT2D eigenvalue weighted by atomic mass is 14.0. The van der Waals surface area contributed by atoms with Crippen molar-refractivity contribution in [3.63, 3.8) is 0 Å². The van der Waals surface area contributed by atoms with Gasteiger partial charge in [0.2, 0.25) is 0 Å². The summed E-state index contributed by atoms with van der Waals surface area (Å²) < 4.78 is 0. The molecule has 0 fully saturated rings. The van der Waals surface area contributed by atoms with E-state index in [0.29, 0.717) is 0 Å². The Morgan fingerprint density at radius 1 is 1.21 bits per heavy atom. The molecule has 0 heteroatoms. The maximum absolute atomic E-state index is 3.84. The van der Waals surface area contributed by atoms with Gasteiger partial charge in [-0.1, -0.05) is 68.6 Å². The van der Waals surface area contributed by atoms with E-state index in [4.69, 9.17) is 0 Å². The average molecular weight is 186 g/mol. The zero-order valence-electron chi connectivity index (χ0n) is 7.96. The van der Waals surface area contributed by atoms with Crippen molar-refractivity contribution in [2.75, 3.05) is 0 Å². The normalized spacial score (nSPS) is 10.2. The molecule has 0 spiro atoms. The van der Waals surface area contributed by atoms with Gasteiger partial charge >= 0.3 is 0 Å². The number of hydrogen-bond acceptors (Lipinski definition) is 0. The Morgan fingerprint density at radius 2 is 1.79 bits per heavy atom. The lowest BCUT2D eigenvalue weighted by Gasteiger charge is -2.01. The summed E-state index contributed by atoms with van der Waals surface area (Å²) in [7, 11) is 0. The summed E-state index contributed by atoms with van der Waals surface area (Å²) in [6.45, 7) is 9.60. The van der Waals surface area contributed by atoms with Gasteiger partial charge in [0.25, 0.3) is 0 Å². The van der Waals surface area contributed by atoms with Crippen LogP contribution in [0.3, 0.4) is 0 Å². The maximum atomic E-state index is 3.84. The smallest absolute Gasteiger partial charge is 0.0184 e. The van der Waals surface area contributed by atoms with Crippen molar-refractivity contribution >= 4 is 5.57 Å². The molecule has 0 aliphatic carbocycles. The van der Waals surface area contributed by atoms with Gasteiger partial charge in [0, 0.05) is 0 Å². The molecule has 0 unspecified atom stereocenters. The maximum Gasteiger partial charge on any atom is -0.0184 e. The van der Waals surface area contributed by atoms with Gasteiger partial charge in [-0.05, 0) is 18.1 Å². The van der Waals surface area contributed by atoms with Crippen LogP contribution in [-0.2, 0) is 0 Å². The minimum Gasteiger partial charge on any atom is -0.0984 e. The van der Waals surface area contributed by atoms with Crippen LogP contribution in [0.15, 0.2) is 61.2 Å². The van der Waals surface area contributed by atoms with E-state index in [1.807, 2.05) is 37.3 Å². The predicted octanol–water partition coefficient (Wildman–Crippen LogP) is 4.47. The minimum atomic E-state index is 0. The van der Waals surface area contributed by atoms with Crippen molar-refractivity contribution in [3.05, 3.63) is 66.8 Å². The molecule has 0 amide bonds. The number of benzene rings is 1. The van der Waals surface area contributed by atoms with Crippen LogP contribution in [0.1, 0.15) is 19.9 Å². The van der Waals surface area contributed by atoms with Gasteiger partial charge in [-0.3, -0.25) is 0 Å². The van der Waals surface area contributed by atoms with Crippen LogP contribution in [-0.4, -0.2) is 0 Å². The van der Waals surface area contributed by atoms with Gasteiger partial charge in [0.05, 0.1) is 0 Å². The summed E-state index contributed by atoms with van der Waals surface area (Å²) >= 11 is 0. The third kappa shape index (κ3) is 3.44. The summed E-state index contributed by atoms with van der Waals surface area (Å²) in [6.07, 6.45) is 3.88. The first-order chi connectivity index (χ1) is 6.24. The standard InChI is InChI=1S/C13H14.CH4/c1-4-12(10-11(2)3)13-8-6-5-7-9-13;/h4-10H,1-2H2,3H3;1H4/b12-10+;. The lowest BCUT2D eigenvalue weighted by atomic mass is 10.0. The van der Waals surface area contributed by atoms with Crippen molar-refractivity contribution in [2.45, 2.75) is 14.4 Å². The van der Waals surface area contributed by atoms with Crippen LogP contribution < -0.4 is 0 Å². The van der Waals surface area contributed by atoms with E-state index >= 15 is 0 Å². The van der Waals surface area contributed by atoms with Crippen molar-refractivity contribution in [1.29, 1.82) is 0 Å². The van der Waals surface area contributed by atoms with E-state index in [-0.39, 0.29) is 7.43 Å². The quantitative estimate of drug-likeness (QED) is 0.611. The van der Waals surface area contributed by atoms with E-state index in [2.05, 4.69) is 25.3 Å². The number of hydrogen-bond donors (Lipinski definition) is 0. The predicted molar refractivity (Wildman–Crippen MR) is 66.2 cm³/mol. The molecule has 0 nitrogen and oxygen atoms in total. The van der Waals surface area contributed by atoms with Crippen LogP contribution in [0.5, 0.6) is 0 Å². The molecule has 0 aliphatic rings. The van der Waals surface area contributed by atoms with Gasteiger partial charge in [-0.2, -0.15) is 0 Å². The van der Waals surface area contributed by atoms with E-state index in [0.717, 1.165) is 11.1 Å². The molecule has 0 aliphatic heterocycles.